The minimum Gasteiger partial charge on any atom is -0.490 e. The van der Waals surface area contributed by atoms with Crippen LogP contribution < -0.4 is 10.1 Å². The number of nitrogens with zero attached hydrogens (tertiary/aromatic N) is 2. The molecule has 0 unspecified atom stereocenters. The van der Waals surface area contributed by atoms with Gasteiger partial charge in [-0.05, 0) is 30.7 Å². The van der Waals surface area contributed by atoms with Gasteiger partial charge in [0, 0.05) is 37.3 Å². The summed E-state index contributed by atoms with van der Waals surface area (Å²) in [6.45, 7) is 4.26. The molecule has 0 bridgehead atoms. The number of para-hydroxylation sites is 1. The van der Waals surface area contributed by atoms with Crippen molar-refractivity contribution in [3.63, 3.8) is 0 Å². The first-order chi connectivity index (χ1) is 12.9. The van der Waals surface area contributed by atoms with Crippen molar-refractivity contribution in [3.05, 3.63) is 63.7 Å². The molecule has 2 amide bonds. The monoisotopic (exact) mass is 371 g/mol. The van der Waals surface area contributed by atoms with Crippen molar-refractivity contribution in [2.75, 3.05) is 19.0 Å². The van der Waals surface area contributed by atoms with E-state index in [-0.39, 0.29) is 22.9 Å². The summed E-state index contributed by atoms with van der Waals surface area (Å²) in [7, 11) is 1.33. The maximum Gasteiger partial charge on any atom is 0.311 e. The van der Waals surface area contributed by atoms with Crippen molar-refractivity contribution in [1.29, 1.82) is 0 Å². The Bertz CT molecular complexity index is 866. The van der Waals surface area contributed by atoms with E-state index in [1.165, 1.54) is 32.2 Å². The Kier molecular flexibility index (Phi) is 6.48. The van der Waals surface area contributed by atoms with E-state index in [1.54, 1.807) is 17.0 Å². The van der Waals surface area contributed by atoms with Crippen LogP contribution in [0.1, 0.15) is 29.8 Å². The lowest BCUT2D eigenvalue weighted by molar-refractivity contribution is -0.385. The molecule has 8 nitrogen and oxygen atoms in total. The maximum absolute atomic E-state index is 12.6. The summed E-state index contributed by atoms with van der Waals surface area (Å²) in [5, 5.41) is 13.9. The lowest BCUT2D eigenvalue weighted by atomic mass is 10.1. The molecule has 2 aromatic rings. The summed E-state index contributed by atoms with van der Waals surface area (Å²) in [6.07, 6.45) is 0. The van der Waals surface area contributed by atoms with Crippen molar-refractivity contribution in [1.82, 2.24) is 4.90 Å². The van der Waals surface area contributed by atoms with Crippen molar-refractivity contribution in [2.45, 2.75) is 20.4 Å². The Morgan fingerprint density at radius 2 is 1.93 bits per heavy atom. The number of benzene rings is 2. The van der Waals surface area contributed by atoms with Crippen LogP contribution in [0.5, 0.6) is 5.75 Å². The first-order valence-electron chi connectivity index (χ1n) is 8.34. The molecule has 142 valence electrons. The van der Waals surface area contributed by atoms with Crippen LogP contribution in [0.3, 0.4) is 0 Å². The van der Waals surface area contributed by atoms with Crippen LogP contribution in [-0.2, 0) is 11.3 Å². The molecule has 0 heterocycles. The smallest absolute Gasteiger partial charge is 0.311 e. The summed E-state index contributed by atoms with van der Waals surface area (Å²) in [4.78, 5) is 36.4. The zero-order chi connectivity index (χ0) is 20.0. The van der Waals surface area contributed by atoms with Gasteiger partial charge in [-0.3, -0.25) is 19.7 Å². The molecule has 0 fully saturated rings. The van der Waals surface area contributed by atoms with Gasteiger partial charge in [-0.25, -0.2) is 0 Å². The zero-order valence-corrected chi connectivity index (χ0v) is 15.4. The second kappa shape index (κ2) is 8.79. The third-order valence-electron chi connectivity index (χ3n) is 4.09. The molecule has 0 saturated heterocycles. The second-order valence-electron chi connectivity index (χ2n) is 5.79. The van der Waals surface area contributed by atoms with E-state index in [9.17, 15) is 19.7 Å². The molecule has 2 aromatic carbocycles. The summed E-state index contributed by atoms with van der Waals surface area (Å²) in [5.74, 6) is -0.472. The van der Waals surface area contributed by atoms with Gasteiger partial charge >= 0.3 is 5.69 Å². The first-order valence-corrected chi connectivity index (χ1v) is 8.34. The predicted octanol–water partition coefficient (Wildman–Crippen LogP) is 3.22. The van der Waals surface area contributed by atoms with E-state index < -0.39 is 10.8 Å². The fraction of sp³-hybridized carbons (Fsp3) is 0.263. The highest BCUT2D eigenvalue weighted by Gasteiger charge is 2.19. The molecular weight excluding hydrogens is 350 g/mol. The standard InChI is InChI=1S/C19H21N3O5/c1-4-21(13(2)23)12-15-7-5-6-8-16(15)20-19(24)14-9-10-18(27-3)17(11-14)22(25)26/h5-11H,4,12H2,1-3H3,(H,20,24). The molecule has 8 heteroatoms. The van der Waals surface area contributed by atoms with Gasteiger partial charge in [0.25, 0.3) is 5.91 Å². The van der Waals surface area contributed by atoms with Gasteiger partial charge in [-0.2, -0.15) is 0 Å². The summed E-state index contributed by atoms with van der Waals surface area (Å²) >= 11 is 0. The van der Waals surface area contributed by atoms with Gasteiger partial charge in [-0.15, -0.1) is 0 Å². The molecule has 2 rings (SSSR count). The quantitative estimate of drug-likeness (QED) is 0.595. The second-order valence-corrected chi connectivity index (χ2v) is 5.79. The molecule has 0 saturated carbocycles. The van der Waals surface area contributed by atoms with Crippen LogP contribution in [0.2, 0.25) is 0 Å². The van der Waals surface area contributed by atoms with E-state index >= 15 is 0 Å². The molecular formula is C19H21N3O5. The molecule has 0 aliphatic heterocycles. The average Bonchev–Trinajstić information content (AvgIpc) is 2.66. The number of rotatable bonds is 7. The number of carbonyl (C=O) groups excluding carboxylic acids is 2. The first kappa shape index (κ1) is 19.9. The normalized spacial score (nSPS) is 10.2. The largest absolute Gasteiger partial charge is 0.490 e. The molecule has 1 N–H and O–H groups in total. The number of hydrogen-bond donors (Lipinski definition) is 1. The van der Waals surface area contributed by atoms with Crippen LogP contribution in [0.4, 0.5) is 11.4 Å². The molecule has 0 radical (unpaired) electrons. The lowest BCUT2D eigenvalue weighted by Gasteiger charge is -2.21. The molecule has 0 aliphatic carbocycles. The van der Waals surface area contributed by atoms with Gasteiger partial charge in [0.15, 0.2) is 5.75 Å². The minimum atomic E-state index is -0.602. The predicted molar refractivity (Wildman–Crippen MR) is 101 cm³/mol. The number of nitro benzene ring substituents is 1. The fourth-order valence-corrected chi connectivity index (χ4v) is 2.60. The van der Waals surface area contributed by atoms with Crippen LogP contribution >= 0.6 is 0 Å². The van der Waals surface area contributed by atoms with Crippen molar-refractivity contribution in [2.24, 2.45) is 0 Å². The van der Waals surface area contributed by atoms with Crippen LogP contribution in [0.25, 0.3) is 0 Å². The zero-order valence-electron chi connectivity index (χ0n) is 15.4. The average molecular weight is 371 g/mol. The highest BCUT2D eigenvalue weighted by molar-refractivity contribution is 6.05. The summed E-state index contributed by atoms with van der Waals surface area (Å²) in [5.41, 5.74) is 1.16. The van der Waals surface area contributed by atoms with E-state index in [1.807, 2.05) is 19.1 Å². The van der Waals surface area contributed by atoms with Crippen LogP contribution in [0, 0.1) is 10.1 Å². The Morgan fingerprint density at radius 1 is 1.22 bits per heavy atom. The Morgan fingerprint density at radius 3 is 2.52 bits per heavy atom. The van der Waals surface area contributed by atoms with Gasteiger partial charge in [0.1, 0.15) is 0 Å². The number of nitro groups is 1. The van der Waals surface area contributed by atoms with E-state index in [0.29, 0.717) is 18.8 Å². The Balaban J connectivity index is 2.27. The van der Waals surface area contributed by atoms with Crippen LogP contribution in [-0.4, -0.2) is 35.3 Å². The highest BCUT2D eigenvalue weighted by Crippen LogP contribution is 2.28. The Labute approximate surface area is 156 Å². The SMILES string of the molecule is CCN(Cc1ccccc1NC(=O)c1ccc(OC)c([N+](=O)[O-])c1)C(C)=O. The van der Waals surface area contributed by atoms with E-state index in [0.717, 1.165) is 5.56 Å². The summed E-state index contributed by atoms with van der Waals surface area (Å²) < 4.78 is 4.95. The van der Waals surface area contributed by atoms with Crippen molar-refractivity contribution < 1.29 is 19.2 Å². The molecule has 0 spiro atoms. The number of carbonyl (C=O) groups is 2. The molecule has 0 aliphatic rings. The van der Waals surface area contributed by atoms with E-state index in [4.69, 9.17) is 4.74 Å². The van der Waals surface area contributed by atoms with Gasteiger partial charge in [0.05, 0.1) is 12.0 Å². The van der Waals surface area contributed by atoms with Gasteiger partial charge in [-0.1, -0.05) is 18.2 Å². The fourth-order valence-electron chi connectivity index (χ4n) is 2.60. The third-order valence-corrected chi connectivity index (χ3v) is 4.09. The number of amides is 2. The minimum absolute atomic E-state index is 0.0654. The molecule has 0 aromatic heterocycles. The maximum atomic E-state index is 12.6. The number of hydrogen-bond acceptors (Lipinski definition) is 5. The molecule has 0 atom stereocenters. The van der Waals surface area contributed by atoms with E-state index in [2.05, 4.69) is 5.32 Å². The Hall–Kier alpha value is -3.42. The number of anilines is 1. The summed E-state index contributed by atoms with van der Waals surface area (Å²) in [6, 6.07) is 11.1. The topological polar surface area (TPSA) is 102 Å². The third kappa shape index (κ3) is 4.81. The number of nitrogens with one attached hydrogen (secondary N) is 1. The van der Waals surface area contributed by atoms with Gasteiger partial charge in [0.2, 0.25) is 5.91 Å². The highest BCUT2D eigenvalue weighted by atomic mass is 16.6. The van der Waals surface area contributed by atoms with Crippen LogP contribution in [0.15, 0.2) is 42.5 Å². The van der Waals surface area contributed by atoms with Crippen molar-refractivity contribution >= 4 is 23.2 Å². The molecule has 27 heavy (non-hydrogen) atoms. The van der Waals surface area contributed by atoms with Crippen molar-refractivity contribution in [3.8, 4) is 5.75 Å². The number of methoxy groups -OCH3 is 1. The number of ether oxygens (including phenoxy) is 1. The lowest BCUT2D eigenvalue weighted by Crippen LogP contribution is -2.28. The van der Waals surface area contributed by atoms with Gasteiger partial charge < -0.3 is 15.0 Å².